The van der Waals surface area contributed by atoms with Crippen LogP contribution in [-0.2, 0) is 15.7 Å². The van der Waals surface area contributed by atoms with E-state index in [0.717, 1.165) is 35.3 Å². The average Bonchev–Trinajstić information content (AvgIpc) is 3.27. The van der Waals surface area contributed by atoms with Gasteiger partial charge in [0, 0.05) is 17.7 Å². The summed E-state index contributed by atoms with van der Waals surface area (Å²) in [7, 11) is 2.86. The number of rotatable bonds is 7. The summed E-state index contributed by atoms with van der Waals surface area (Å²) in [4.78, 5) is 31.5. The summed E-state index contributed by atoms with van der Waals surface area (Å²) < 4.78 is 57.0. The van der Waals surface area contributed by atoms with Crippen molar-refractivity contribution in [3.8, 4) is 17.0 Å². The third-order valence-electron chi connectivity index (χ3n) is 8.76. The molecular formula is C35H36ClF3N2O5. The van der Waals surface area contributed by atoms with Gasteiger partial charge >= 0.3 is 18.2 Å². The Morgan fingerprint density at radius 3 is 2.52 bits per heavy atom. The van der Waals surface area contributed by atoms with Crippen LogP contribution < -0.4 is 4.74 Å². The molecule has 3 aromatic rings. The molecule has 5 rings (SSSR count). The number of hydrogen-bond acceptors (Lipinski definition) is 6. The number of carbonyl (C=O) groups excluding carboxylic acids is 2. The molecule has 1 fully saturated rings. The summed E-state index contributed by atoms with van der Waals surface area (Å²) in [5.74, 6) is 0.0455. The van der Waals surface area contributed by atoms with Crippen molar-refractivity contribution in [3.63, 3.8) is 0 Å². The fraction of sp³-hybridized carbons (Fsp3) is 0.400. The minimum absolute atomic E-state index is 0.0562. The van der Waals surface area contributed by atoms with Gasteiger partial charge in [0.2, 0.25) is 0 Å². The van der Waals surface area contributed by atoms with Crippen LogP contribution >= 0.6 is 11.6 Å². The lowest BCUT2D eigenvalue weighted by Crippen LogP contribution is -2.35. The fourth-order valence-electron chi connectivity index (χ4n) is 6.35. The van der Waals surface area contributed by atoms with Crippen LogP contribution in [0.2, 0.25) is 5.02 Å². The number of pyridine rings is 1. The van der Waals surface area contributed by atoms with Crippen LogP contribution in [0.1, 0.15) is 78.7 Å². The van der Waals surface area contributed by atoms with Crippen molar-refractivity contribution in [3.05, 3.63) is 87.1 Å². The summed E-state index contributed by atoms with van der Waals surface area (Å²) in [6.45, 7) is 7.96. The van der Waals surface area contributed by atoms with Gasteiger partial charge in [0.1, 0.15) is 11.9 Å². The van der Waals surface area contributed by atoms with E-state index in [0.29, 0.717) is 51.6 Å². The number of alkyl halides is 3. The highest BCUT2D eigenvalue weighted by Crippen LogP contribution is 2.46. The summed E-state index contributed by atoms with van der Waals surface area (Å²) in [5, 5.41) is 0.329. The minimum atomic E-state index is -4.52. The van der Waals surface area contributed by atoms with E-state index < -0.39 is 35.9 Å². The predicted molar refractivity (Wildman–Crippen MR) is 169 cm³/mol. The number of amides is 1. The lowest BCUT2D eigenvalue weighted by molar-refractivity contribution is -0.137. The van der Waals surface area contributed by atoms with Gasteiger partial charge < -0.3 is 14.2 Å². The van der Waals surface area contributed by atoms with Crippen LogP contribution in [0.15, 0.2) is 54.2 Å². The molecule has 0 spiro atoms. The van der Waals surface area contributed by atoms with Crippen molar-refractivity contribution in [1.29, 1.82) is 0 Å². The zero-order valence-corrected chi connectivity index (χ0v) is 27.3. The second-order valence-corrected chi connectivity index (χ2v) is 13.1. The van der Waals surface area contributed by atoms with E-state index in [1.54, 1.807) is 50.3 Å². The van der Waals surface area contributed by atoms with Gasteiger partial charge in [-0.15, -0.1) is 0 Å². The largest absolute Gasteiger partial charge is 0.495 e. The maximum Gasteiger partial charge on any atom is 0.416 e. The van der Waals surface area contributed by atoms with Crippen molar-refractivity contribution >= 4 is 29.2 Å². The Hall–Kier alpha value is -4.05. The monoisotopic (exact) mass is 656 g/mol. The van der Waals surface area contributed by atoms with Gasteiger partial charge in [-0.05, 0) is 85.6 Å². The van der Waals surface area contributed by atoms with Gasteiger partial charge in [-0.3, -0.25) is 9.88 Å². The smallest absolute Gasteiger partial charge is 0.416 e. The van der Waals surface area contributed by atoms with Crippen LogP contribution in [0.5, 0.6) is 5.75 Å². The third-order valence-corrected chi connectivity index (χ3v) is 9.07. The van der Waals surface area contributed by atoms with E-state index in [9.17, 15) is 22.8 Å². The number of ether oxygens (including phenoxy) is 3. The normalized spacial score (nSPS) is 19.7. The molecule has 1 amide bonds. The number of allylic oxidation sites excluding steroid dienone is 1. The SMILES string of the molecule is COC(=O)c1ccc(-c2cc(C3=C(CN4C(=O)O[C@H](c5cc(C)cc(C(F)(F)F)c5)[C@@H]4C)CC(C)(C)CC3)c(OC)cn2)c(Cl)c1. The molecule has 2 aliphatic rings. The first-order valence-electron chi connectivity index (χ1n) is 14.9. The second kappa shape index (κ2) is 12.6. The Labute approximate surface area is 271 Å². The van der Waals surface area contributed by atoms with E-state index >= 15 is 0 Å². The highest BCUT2D eigenvalue weighted by Gasteiger charge is 2.42. The molecule has 1 saturated heterocycles. The van der Waals surface area contributed by atoms with Crippen molar-refractivity contribution in [2.45, 2.75) is 65.3 Å². The topological polar surface area (TPSA) is 78.0 Å². The van der Waals surface area contributed by atoms with E-state index in [1.165, 1.54) is 13.2 Å². The van der Waals surface area contributed by atoms with Crippen molar-refractivity contribution < 1.29 is 37.0 Å². The predicted octanol–water partition coefficient (Wildman–Crippen LogP) is 9.07. The lowest BCUT2D eigenvalue weighted by Gasteiger charge is -2.36. The maximum absolute atomic E-state index is 13.6. The Morgan fingerprint density at radius 2 is 1.87 bits per heavy atom. The number of nitrogens with zero attached hydrogens (tertiary/aromatic N) is 2. The van der Waals surface area contributed by atoms with Gasteiger partial charge in [-0.1, -0.05) is 43.1 Å². The van der Waals surface area contributed by atoms with Crippen LogP contribution in [0, 0.1) is 12.3 Å². The van der Waals surface area contributed by atoms with Gasteiger partial charge in [-0.25, -0.2) is 9.59 Å². The minimum Gasteiger partial charge on any atom is -0.495 e. The van der Waals surface area contributed by atoms with E-state index in [1.807, 2.05) is 6.07 Å². The average molecular weight is 657 g/mol. The zero-order chi connectivity index (χ0) is 33.6. The lowest BCUT2D eigenvalue weighted by atomic mass is 9.72. The molecule has 2 heterocycles. The Bertz CT molecular complexity index is 1720. The number of carbonyl (C=O) groups is 2. The van der Waals surface area contributed by atoms with E-state index in [-0.39, 0.29) is 12.0 Å². The number of methoxy groups -OCH3 is 2. The third kappa shape index (κ3) is 6.72. The number of halogens is 4. The summed E-state index contributed by atoms with van der Waals surface area (Å²) >= 11 is 6.59. The zero-order valence-electron chi connectivity index (χ0n) is 26.5. The first kappa shape index (κ1) is 33.3. The van der Waals surface area contributed by atoms with Crippen LogP contribution in [0.3, 0.4) is 0 Å². The molecule has 244 valence electrons. The highest BCUT2D eigenvalue weighted by molar-refractivity contribution is 6.33. The molecule has 2 aromatic carbocycles. The van der Waals surface area contributed by atoms with Crippen LogP contribution in [0.25, 0.3) is 16.8 Å². The molecule has 0 radical (unpaired) electrons. The van der Waals surface area contributed by atoms with Gasteiger partial charge in [0.25, 0.3) is 0 Å². The Balaban J connectivity index is 1.53. The highest BCUT2D eigenvalue weighted by atomic mass is 35.5. The van der Waals surface area contributed by atoms with E-state index in [2.05, 4.69) is 18.8 Å². The first-order chi connectivity index (χ1) is 21.6. The molecule has 0 bridgehead atoms. The number of cyclic esters (lactones) is 1. The van der Waals surface area contributed by atoms with Crippen molar-refractivity contribution in [2.75, 3.05) is 20.8 Å². The number of aryl methyl sites for hydroxylation is 1. The molecule has 11 heteroatoms. The summed E-state index contributed by atoms with van der Waals surface area (Å²) in [6.07, 6.45) is -2.07. The van der Waals surface area contributed by atoms with Crippen molar-refractivity contribution in [1.82, 2.24) is 9.88 Å². The number of aromatic nitrogens is 1. The molecule has 7 nitrogen and oxygen atoms in total. The molecule has 1 aliphatic carbocycles. The molecule has 46 heavy (non-hydrogen) atoms. The molecule has 0 N–H and O–H groups in total. The van der Waals surface area contributed by atoms with Gasteiger partial charge in [-0.2, -0.15) is 13.2 Å². The quantitative estimate of drug-likeness (QED) is 0.236. The molecule has 0 saturated carbocycles. The standard InChI is InChI=1S/C35H36ClF3N2O5/c1-19-11-22(13-24(12-19)35(37,38)39)31-20(2)41(33(43)46-31)18-23-16-34(3,4)10-9-25(23)27-15-29(40-17-30(27)44-5)26-8-7-21(14-28(26)36)32(42)45-6/h7-8,11-15,17,20,31H,9-10,16,18H2,1-6H3/t20-,31-/m0/s1. The first-order valence-corrected chi connectivity index (χ1v) is 15.3. The van der Waals surface area contributed by atoms with Crippen LogP contribution in [0.4, 0.5) is 18.0 Å². The number of benzene rings is 2. The van der Waals surface area contributed by atoms with E-state index in [4.69, 9.17) is 25.8 Å². The second-order valence-electron chi connectivity index (χ2n) is 12.7. The van der Waals surface area contributed by atoms with Crippen molar-refractivity contribution in [2.24, 2.45) is 5.41 Å². The Morgan fingerprint density at radius 1 is 1.13 bits per heavy atom. The molecule has 2 atom stereocenters. The number of esters is 1. The molecule has 1 aromatic heterocycles. The Kier molecular flexibility index (Phi) is 9.14. The molecule has 0 unspecified atom stereocenters. The molecular weight excluding hydrogens is 621 g/mol. The number of hydrogen-bond donors (Lipinski definition) is 0. The summed E-state index contributed by atoms with van der Waals surface area (Å²) in [5.41, 5.74) is 4.23. The van der Waals surface area contributed by atoms with Crippen LogP contribution in [-0.4, -0.2) is 48.8 Å². The van der Waals surface area contributed by atoms with Gasteiger partial charge in [0.15, 0.2) is 0 Å². The fourth-order valence-corrected chi connectivity index (χ4v) is 6.63. The van der Waals surface area contributed by atoms with Gasteiger partial charge in [0.05, 0.1) is 48.3 Å². The maximum atomic E-state index is 13.6. The molecule has 1 aliphatic heterocycles. The summed E-state index contributed by atoms with van der Waals surface area (Å²) in [6, 6.07) is 10.0.